The van der Waals surface area contributed by atoms with E-state index in [9.17, 15) is 12.8 Å². The highest BCUT2D eigenvalue weighted by atomic mass is 32.2. The van der Waals surface area contributed by atoms with Crippen molar-refractivity contribution < 1.29 is 17.2 Å². The van der Waals surface area contributed by atoms with Gasteiger partial charge in [0.15, 0.2) is 0 Å². The molecule has 4 nitrogen and oxygen atoms in total. The van der Waals surface area contributed by atoms with E-state index in [2.05, 4.69) is 5.92 Å². The number of terminal acetylenes is 1. The van der Waals surface area contributed by atoms with Gasteiger partial charge < -0.3 is 4.42 Å². The largest absolute Gasteiger partial charge is 0.468 e. The summed E-state index contributed by atoms with van der Waals surface area (Å²) < 4.78 is 44.2. The molecule has 0 amide bonds. The maximum absolute atomic E-state index is 13.1. The van der Waals surface area contributed by atoms with Crippen LogP contribution in [0.25, 0.3) is 0 Å². The van der Waals surface area contributed by atoms with Gasteiger partial charge in [0.2, 0.25) is 10.0 Å². The van der Waals surface area contributed by atoms with Gasteiger partial charge >= 0.3 is 0 Å². The molecule has 0 aliphatic rings. The van der Waals surface area contributed by atoms with Gasteiger partial charge in [-0.2, -0.15) is 4.31 Å². The van der Waals surface area contributed by atoms with Gasteiger partial charge in [0.1, 0.15) is 11.6 Å². The third-order valence-electron chi connectivity index (χ3n) is 2.81. The number of halogens is 1. The van der Waals surface area contributed by atoms with Crippen LogP contribution in [0.5, 0.6) is 0 Å². The lowest BCUT2D eigenvalue weighted by Gasteiger charge is -2.18. The standard InChI is InChI=1S/C15H14FNO3S/c1-2-8-17(11-15-7-4-9-20-15)21(18,19)12-13-5-3-6-14(16)10-13/h1,3-7,9-10H,8,11-12H2. The third kappa shape index (κ3) is 4.18. The van der Waals surface area contributed by atoms with Crippen molar-refractivity contribution in [3.63, 3.8) is 0 Å². The fraction of sp³-hybridized carbons (Fsp3) is 0.200. The van der Waals surface area contributed by atoms with E-state index in [0.29, 0.717) is 11.3 Å². The first-order chi connectivity index (χ1) is 10.0. The molecule has 110 valence electrons. The third-order valence-corrected chi connectivity index (χ3v) is 4.55. The molecule has 6 heteroatoms. The average Bonchev–Trinajstić information content (AvgIpc) is 2.90. The minimum atomic E-state index is -3.67. The molecule has 1 heterocycles. The highest BCUT2D eigenvalue weighted by Crippen LogP contribution is 2.15. The first-order valence-corrected chi connectivity index (χ1v) is 7.80. The van der Waals surface area contributed by atoms with Crippen molar-refractivity contribution in [1.82, 2.24) is 4.31 Å². The van der Waals surface area contributed by atoms with Gasteiger partial charge in [0.25, 0.3) is 0 Å². The number of sulfonamides is 1. The highest BCUT2D eigenvalue weighted by Gasteiger charge is 2.23. The van der Waals surface area contributed by atoms with Crippen LogP contribution in [-0.2, 0) is 22.3 Å². The molecule has 0 aliphatic heterocycles. The second kappa shape index (κ2) is 6.57. The van der Waals surface area contributed by atoms with Crippen molar-refractivity contribution in [2.75, 3.05) is 6.54 Å². The van der Waals surface area contributed by atoms with Gasteiger partial charge in [0.05, 0.1) is 25.1 Å². The fourth-order valence-electron chi connectivity index (χ4n) is 1.86. The lowest BCUT2D eigenvalue weighted by molar-refractivity contribution is 0.389. The monoisotopic (exact) mass is 307 g/mol. The lowest BCUT2D eigenvalue weighted by atomic mass is 10.2. The first-order valence-electron chi connectivity index (χ1n) is 6.19. The van der Waals surface area contributed by atoms with Crippen LogP contribution in [0, 0.1) is 18.2 Å². The van der Waals surface area contributed by atoms with E-state index < -0.39 is 15.8 Å². The lowest BCUT2D eigenvalue weighted by Crippen LogP contribution is -2.32. The number of hydrogen-bond acceptors (Lipinski definition) is 3. The molecule has 0 aliphatic carbocycles. The molecule has 21 heavy (non-hydrogen) atoms. The van der Waals surface area contributed by atoms with Crippen LogP contribution in [0.2, 0.25) is 0 Å². The van der Waals surface area contributed by atoms with Crippen molar-refractivity contribution >= 4 is 10.0 Å². The summed E-state index contributed by atoms with van der Waals surface area (Å²) in [6.07, 6.45) is 6.69. The van der Waals surface area contributed by atoms with E-state index in [-0.39, 0.29) is 18.8 Å². The van der Waals surface area contributed by atoms with Crippen LogP contribution in [0.3, 0.4) is 0 Å². The number of rotatable bonds is 6. The molecule has 2 aromatic rings. The van der Waals surface area contributed by atoms with E-state index in [1.165, 1.54) is 24.5 Å². The number of hydrogen-bond donors (Lipinski definition) is 0. The van der Waals surface area contributed by atoms with Crippen molar-refractivity contribution in [2.24, 2.45) is 0 Å². The molecule has 2 rings (SSSR count). The molecule has 0 bridgehead atoms. The number of benzene rings is 1. The van der Waals surface area contributed by atoms with E-state index in [1.54, 1.807) is 18.2 Å². The van der Waals surface area contributed by atoms with Crippen molar-refractivity contribution in [3.8, 4) is 12.3 Å². The SMILES string of the molecule is C#CCN(Cc1ccco1)S(=O)(=O)Cc1cccc(F)c1. The zero-order chi connectivity index (χ0) is 15.3. The van der Waals surface area contributed by atoms with Crippen molar-refractivity contribution in [1.29, 1.82) is 0 Å². The van der Waals surface area contributed by atoms with E-state index in [0.717, 1.165) is 4.31 Å². The Kier molecular flexibility index (Phi) is 4.78. The summed E-state index contributed by atoms with van der Waals surface area (Å²) in [5.41, 5.74) is 0.372. The Labute approximate surface area is 123 Å². The molecule has 0 saturated carbocycles. The molecule has 0 unspecified atom stereocenters. The van der Waals surface area contributed by atoms with Gasteiger partial charge in [-0.05, 0) is 29.8 Å². The van der Waals surface area contributed by atoms with Gasteiger partial charge in [0, 0.05) is 0 Å². The van der Waals surface area contributed by atoms with Crippen LogP contribution < -0.4 is 0 Å². The Bertz CT molecular complexity index is 733. The molecule has 1 aromatic carbocycles. The molecule has 0 fully saturated rings. The van der Waals surface area contributed by atoms with Crippen molar-refractivity contribution in [3.05, 3.63) is 59.8 Å². The first kappa shape index (κ1) is 15.3. The molecule has 0 radical (unpaired) electrons. The molecular weight excluding hydrogens is 293 g/mol. The molecule has 0 atom stereocenters. The fourth-order valence-corrected chi connectivity index (χ4v) is 3.24. The summed E-state index contributed by atoms with van der Waals surface area (Å²) in [7, 11) is -3.67. The smallest absolute Gasteiger partial charge is 0.219 e. The van der Waals surface area contributed by atoms with Crippen LogP contribution in [-0.4, -0.2) is 19.3 Å². The van der Waals surface area contributed by atoms with Gasteiger partial charge in [-0.25, -0.2) is 12.8 Å². The van der Waals surface area contributed by atoms with Crippen LogP contribution >= 0.6 is 0 Å². The maximum atomic E-state index is 13.1. The van der Waals surface area contributed by atoms with E-state index in [1.807, 2.05) is 0 Å². The van der Waals surface area contributed by atoms with E-state index in [4.69, 9.17) is 10.8 Å². The molecule has 0 N–H and O–H groups in total. The predicted octanol–water partition coefficient (Wildman–Crippen LogP) is 2.38. The summed E-state index contributed by atoms with van der Waals surface area (Å²) in [6, 6.07) is 8.82. The maximum Gasteiger partial charge on any atom is 0.219 e. The van der Waals surface area contributed by atoms with Gasteiger partial charge in [-0.15, -0.1) is 6.42 Å². The average molecular weight is 307 g/mol. The summed E-state index contributed by atoms with van der Waals surface area (Å²) in [4.78, 5) is 0. The normalized spacial score (nSPS) is 11.5. The van der Waals surface area contributed by atoms with Gasteiger partial charge in [-0.3, -0.25) is 0 Å². The Hall–Kier alpha value is -2.10. The molecule has 0 spiro atoms. The number of nitrogens with zero attached hydrogens (tertiary/aromatic N) is 1. The second-order valence-electron chi connectivity index (χ2n) is 4.44. The Morgan fingerprint density at radius 3 is 2.71 bits per heavy atom. The summed E-state index contributed by atoms with van der Waals surface area (Å²) >= 11 is 0. The second-order valence-corrected chi connectivity index (χ2v) is 6.41. The van der Waals surface area contributed by atoms with E-state index >= 15 is 0 Å². The van der Waals surface area contributed by atoms with Crippen LogP contribution in [0.1, 0.15) is 11.3 Å². The number of furan rings is 1. The zero-order valence-corrected chi connectivity index (χ0v) is 12.0. The zero-order valence-electron chi connectivity index (χ0n) is 11.2. The minimum absolute atomic E-state index is 0.0504. The quantitative estimate of drug-likeness (QED) is 0.770. The summed E-state index contributed by atoms with van der Waals surface area (Å²) in [5.74, 6) is 2.02. The van der Waals surface area contributed by atoms with Crippen LogP contribution in [0.4, 0.5) is 4.39 Å². The predicted molar refractivity (Wildman–Crippen MR) is 77.0 cm³/mol. The van der Waals surface area contributed by atoms with Crippen LogP contribution in [0.15, 0.2) is 47.1 Å². The van der Waals surface area contributed by atoms with Crippen molar-refractivity contribution in [2.45, 2.75) is 12.3 Å². The molecule has 0 saturated heterocycles. The highest BCUT2D eigenvalue weighted by molar-refractivity contribution is 7.88. The Morgan fingerprint density at radius 2 is 2.10 bits per heavy atom. The molecular formula is C15H14FNO3S. The summed E-state index contributed by atoms with van der Waals surface area (Å²) in [5, 5.41) is 0. The van der Waals surface area contributed by atoms with Gasteiger partial charge in [-0.1, -0.05) is 18.1 Å². The Morgan fingerprint density at radius 1 is 1.29 bits per heavy atom. The minimum Gasteiger partial charge on any atom is -0.468 e. The molecule has 1 aromatic heterocycles. The Balaban J connectivity index is 2.19. The summed E-state index contributed by atoms with van der Waals surface area (Å²) in [6.45, 7) is -0.0206. The topological polar surface area (TPSA) is 50.5 Å².